The molecule has 1 N–H and O–H groups in total. The molecule has 0 bridgehead atoms. The van der Waals surface area contributed by atoms with E-state index in [1.807, 2.05) is 49.4 Å². The van der Waals surface area contributed by atoms with Crippen LogP contribution in [0, 0.1) is 17.2 Å². The molecule has 0 heterocycles. The van der Waals surface area contributed by atoms with Gasteiger partial charge in [-0.15, -0.1) is 0 Å². The van der Waals surface area contributed by atoms with Crippen molar-refractivity contribution in [1.82, 2.24) is 5.32 Å². The summed E-state index contributed by atoms with van der Waals surface area (Å²) in [5.74, 6) is -0.800. The van der Waals surface area contributed by atoms with E-state index in [0.29, 0.717) is 29.8 Å². The molecular weight excluding hydrogens is 420 g/mol. The maximum atomic E-state index is 12.8. The molecule has 1 aliphatic carbocycles. The van der Waals surface area contributed by atoms with Gasteiger partial charge in [-0.2, -0.15) is 5.26 Å². The van der Waals surface area contributed by atoms with Crippen LogP contribution in [0.2, 0.25) is 5.02 Å². The van der Waals surface area contributed by atoms with Crippen molar-refractivity contribution in [2.24, 2.45) is 5.92 Å². The first kappa shape index (κ1) is 22.3. The molecule has 0 spiro atoms. The van der Waals surface area contributed by atoms with E-state index in [2.05, 4.69) is 11.4 Å². The maximum Gasteiger partial charge on any atom is 0.224 e. The third kappa shape index (κ3) is 5.21. The largest absolute Gasteiger partial charge is 0.353 e. The molecule has 0 aromatic heterocycles. The Labute approximate surface area is 183 Å². The van der Waals surface area contributed by atoms with Crippen molar-refractivity contribution in [2.45, 2.75) is 43.4 Å². The summed E-state index contributed by atoms with van der Waals surface area (Å²) >= 11 is 6.00. The second-order valence-electron chi connectivity index (χ2n) is 8.02. The predicted molar refractivity (Wildman–Crippen MR) is 118 cm³/mol. The molecule has 1 aliphatic rings. The number of nitrogens with zero attached hydrogens (tertiary/aromatic N) is 1. The summed E-state index contributed by atoms with van der Waals surface area (Å²) in [6.45, 7) is 1.92. The van der Waals surface area contributed by atoms with E-state index in [4.69, 9.17) is 11.6 Å². The number of carbonyl (C=O) groups excluding carboxylic acids is 1. The van der Waals surface area contributed by atoms with Crippen LogP contribution in [0.4, 0.5) is 0 Å². The van der Waals surface area contributed by atoms with Gasteiger partial charge in [0, 0.05) is 23.2 Å². The quantitative estimate of drug-likeness (QED) is 0.702. The summed E-state index contributed by atoms with van der Waals surface area (Å²) < 4.78 is 23.8. The second-order valence-corrected chi connectivity index (χ2v) is 10.7. The van der Waals surface area contributed by atoms with Gasteiger partial charge in [0.25, 0.3) is 0 Å². The van der Waals surface area contributed by atoms with Crippen LogP contribution in [0.5, 0.6) is 0 Å². The molecule has 7 heteroatoms. The number of sulfone groups is 1. The lowest BCUT2D eigenvalue weighted by molar-refractivity contribution is -0.127. The molecule has 30 heavy (non-hydrogen) atoms. The minimum atomic E-state index is -3.24. The number of benzene rings is 2. The number of halogens is 1. The van der Waals surface area contributed by atoms with Gasteiger partial charge in [0.15, 0.2) is 9.84 Å². The topological polar surface area (TPSA) is 87.0 Å². The zero-order valence-electron chi connectivity index (χ0n) is 17.0. The Morgan fingerprint density at radius 3 is 2.50 bits per heavy atom. The number of amides is 1. The fraction of sp³-hybridized carbons (Fsp3) is 0.391. The van der Waals surface area contributed by atoms with E-state index in [0.717, 1.165) is 11.1 Å². The molecule has 4 atom stereocenters. The van der Waals surface area contributed by atoms with Crippen molar-refractivity contribution < 1.29 is 13.2 Å². The second kappa shape index (κ2) is 9.20. The highest BCUT2D eigenvalue weighted by molar-refractivity contribution is 7.91. The number of rotatable bonds is 7. The maximum absolute atomic E-state index is 12.8. The molecule has 0 aliphatic heterocycles. The van der Waals surface area contributed by atoms with Crippen molar-refractivity contribution >= 4 is 27.3 Å². The fourth-order valence-electron chi connectivity index (χ4n) is 4.01. The SMILES string of the molecule is CC(NC(=O)C1CC[C@@H]1S(C)(=O)=O)C(Cc1ccc(Cl)cc1)c1cccc(C#N)c1. The molecule has 1 saturated carbocycles. The molecule has 1 fully saturated rings. The van der Waals surface area contributed by atoms with Crippen LogP contribution >= 0.6 is 11.6 Å². The van der Waals surface area contributed by atoms with Gasteiger partial charge >= 0.3 is 0 Å². The lowest BCUT2D eigenvalue weighted by atomic mass is 9.82. The zero-order chi connectivity index (χ0) is 21.9. The Hall–Kier alpha value is -2.36. The Morgan fingerprint density at radius 1 is 1.23 bits per heavy atom. The van der Waals surface area contributed by atoms with Crippen molar-refractivity contribution in [2.75, 3.05) is 6.26 Å². The standard InChI is InChI=1S/C23H25ClN2O3S/c1-15(26-23(27)20-10-11-22(20)30(2,28)29)21(13-16-6-8-19(24)9-7-16)18-5-3-4-17(12-18)14-25/h3-9,12,15,20-22H,10-11,13H2,1-2H3,(H,26,27)/t15?,20?,21?,22-/m0/s1. The van der Waals surface area contributed by atoms with Crippen LogP contribution in [-0.2, 0) is 21.1 Å². The van der Waals surface area contributed by atoms with Gasteiger partial charge in [0.05, 0.1) is 22.8 Å². The van der Waals surface area contributed by atoms with Gasteiger partial charge < -0.3 is 5.32 Å². The molecular formula is C23H25ClN2O3S. The summed E-state index contributed by atoms with van der Waals surface area (Å²) in [6.07, 6.45) is 2.96. The molecule has 0 radical (unpaired) electrons. The van der Waals surface area contributed by atoms with Gasteiger partial charge in [-0.1, -0.05) is 35.9 Å². The number of hydrogen-bond donors (Lipinski definition) is 1. The summed E-state index contributed by atoms with van der Waals surface area (Å²) in [5.41, 5.74) is 2.57. The van der Waals surface area contributed by atoms with Crippen molar-refractivity contribution in [3.63, 3.8) is 0 Å². The van der Waals surface area contributed by atoms with Crippen molar-refractivity contribution in [3.8, 4) is 6.07 Å². The van der Waals surface area contributed by atoms with Crippen LogP contribution < -0.4 is 5.32 Å². The summed E-state index contributed by atoms with van der Waals surface area (Å²) in [7, 11) is -3.24. The fourth-order valence-corrected chi connectivity index (χ4v) is 5.56. The van der Waals surface area contributed by atoms with Gasteiger partial charge in [-0.05, 0) is 61.6 Å². The smallest absolute Gasteiger partial charge is 0.224 e. The minimum Gasteiger partial charge on any atom is -0.353 e. The Morgan fingerprint density at radius 2 is 1.93 bits per heavy atom. The number of carbonyl (C=O) groups is 1. The highest BCUT2D eigenvalue weighted by Crippen LogP contribution is 2.34. The minimum absolute atomic E-state index is 0.0832. The predicted octanol–water partition coefficient (Wildman–Crippen LogP) is 3.87. The average molecular weight is 445 g/mol. The highest BCUT2D eigenvalue weighted by atomic mass is 35.5. The molecule has 0 saturated heterocycles. The molecule has 158 valence electrons. The molecule has 2 aromatic rings. The number of nitrogens with one attached hydrogen (secondary N) is 1. The van der Waals surface area contributed by atoms with E-state index >= 15 is 0 Å². The summed E-state index contributed by atoms with van der Waals surface area (Å²) in [5, 5.41) is 12.4. The van der Waals surface area contributed by atoms with Crippen LogP contribution in [0.25, 0.3) is 0 Å². The molecule has 2 aromatic carbocycles. The molecule has 1 amide bonds. The molecule has 5 nitrogen and oxygen atoms in total. The van der Waals surface area contributed by atoms with Crippen LogP contribution in [-0.4, -0.2) is 31.9 Å². The monoisotopic (exact) mass is 444 g/mol. The first-order chi connectivity index (χ1) is 14.2. The summed E-state index contributed by atoms with van der Waals surface area (Å²) in [6, 6.07) is 16.8. The Kier molecular flexibility index (Phi) is 6.84. The van der Waals surface area contributed by atoms with E-state index in [-0.39, 0.29) is 17.9 Å². The lowest BCUT2D eigenvalue weighted by Gasteiger charge is -2.35. The van der Waals surface area contributed by atoms with Crippen LogP contribution in [0.1, 0.15) is 42.4 Å². The van der Waals surface area contributed by atoms with Crippen molar-refractivity contribution in [1.29, 1.82) is 5.26 Å². The lowest BCUT2D eigenvalue weighted by Crippen LogP contribution is -2.50. The Bertz CT molecular complexity index is 1060. The molecule has 3 unspecified atom stereocenters. The molecule has 3 rings (SSSR count). The Balaban J connectivity index is 1.82. The van der Waals surface area contributed by atoms with E-state index in [1.54, 1.807) is 6.07 Å². The first-order valence-corrected chi connectivity index (χ1v) is 12.3. The highest BCUT2D eigenvalue weighted by Gasteiger charge is 2.43. The van der Waals surface area contributed by atoms with Gasteiger partial charge in [0.1, 0.15) is 0 Å². The van der Waals surface area contributed by atoms with Gasteiger partial charge in [-0.25, -0.2) is 8.42 Å². The number of nitriles is 1. The van der Waals surface area contributed by atoms with Crippen LogP contribution in [0.3, 0.4) is 0 Å². The van der Waals surface area contributed by atoms with E-state index in [9.17, 15) is 18.5 Å². The average Bonchev–Trinajstić information content (AvgIpc) is 2.65. The van der Waals surface area contributed by atoms with Crippen LogP contribution in [0.15, 0.2) is 48.5 Å². The van der Waals surface area contributed by atoms with Gasteiger partial charge in [-0.3, -0.25) is 4.79 Å². The summed E-state index contributed by atoms with van der Waals surface area (Å²) in [4.78, 5) is 12.8. The third-order valence-electron chi connectivity index (χ3n) is 5.88. The number of hydrogen-bond acceptors (Lipinski definition) is 4. The van der Waals surface area contributed by atoms with Crippen molar-refractivity contribution in [3.05, 3.63) is 70.2 Å². The third-order valence-corrected chi connectivity index (χ3v) is 7.80. The zero-order valence-corrected chi connectivity index (χ0v) is 18.6. The first-order valence-electron chi connectivity index (χ1n) is 9.93. The van der Waals surface area contributed by atoms with Gasteiger partial charge in [0.2, 0.25) is 5.91 Å². The normalized spacial score (nSPS) is 20.5. The van der Waals surface area contributed by atoms with E-state index in [1.165, 1.54) is 6.26 Å². The van der Waals surface area contributed by atoms with E-state index < -0.39 is 21.0 Å².